The third kappa shape index (κ3) is 3.82. The molecule has 0 spiro atoms. The van der Waals surface area contributed by atoms with Gasteiger partial charge in [-0.2, -0.15) is 5.26 Å². The van der Waals surface area contributed by atoms with Crippen LogP contribution in [0.3, 0.4) is 0 Å². The molecule has 4 rings (SSSR count). The van der Waals surface area contributed by atoms with Gasteiger partial charge in [0, 0.05) is 12.6 Å². The maximum atomic E-state index is 12.8. The molecule has 3 aromatic rings. The van der Waals surface area contributed by atoms with Crippen molar-refractivity contribution in [2.24, 2.45) is 0 Å². The summed E-state index contributed by atoms with van der Waals surface area (Å²) in [5, 5.41) is 23.5. The maximum absolute atomic E-state index is 12.8. The van der Waals surface area contributed by atoms with Crippen LogP contribution >= 0.6 is 0 Å². The number of rotatable bonds is 4. The molecule has 1 atom stereocenters. The van der Waals surface area contributed by atoms with E-state index < -0.39 is 0 Å². The molecule has 2 aromatic heterocycles. The highest BCUT2D eigenvalue weighted by molar-refractivity contribution is 6.04. The number of nitriles is 1. The second-order valence-electron chi connectivity index (χ2n) is 6.93. The van der Waals surface area contributed by atoms with E-state index in [1.165, 1.54) is 12.8 Å². The summed E-state index contributed by atoms with van der Waals surface area (Å²) in [6.07, 6.45) is 3.47. The largest absolute Gasteiger partial charge is 0.365 e. The van der Waals surface area contributed by atoms with E-state index in [0.717, 1.165) is 30.8 Å². The fourth-order valence-corrected chi connectivity index (χ4v) is 3.46. The molecule has 3 N–H and O–H groups in total. The number of nitrogens with zero attached hydrogens (tertiary/aromatic N) is 3. The van der Waals surface area contributed by atoms with Gasteiger partial charge in [-0.3, -0.25) is 4.79 Å². The first-order chi connectivity index (χ1) is 13.7. The molecule has 28 heavy (non-hydrogen) atoms. The van der Waals surface area contributed by atoms with Crippen molar-refractivity contribution in [2.75, 3.05) is 23.7 Å². The third-order valence-corrected chi connectivity index (χ3v) is 4.93. The molecule has 3 heterocycles. The van der Waals surface area contributed by atoms with E-state index in [0.29, 0.717) is 23.0 Å². The van der Waals surface area contributed by atoms with Gasteiger partial charge in [0.05, 0.1) is 16.8 Å². The van der Waals surface area contributed by atoms with Gasteiger partial charge in [-0.15, -0.1) is 5.10 Å². The summed E-state index contributed by atoms with van der Waals surface area (Å²) in [6.45, 7) is 1.96. The fourth-order valence-electron chi connectivity index (χ4n) is 3.46. The summed E-state index contributed by atoms with van der Waals surface area (Å²) in [7, 11) is 0. The Balaban J connectivity index is 1.57. The molecule has 1 aliphatic heterocycles. The Morgan fingerprint density at radius 2 is 2.04 bits per heavy atom. The average molecular weight is 374 g/mol. The Hall–Kier alpha value is -3.37. The minimum absolute atomic E-state index is 0.302. The van der Waals surface area contributed by atoms with Gasteiger partial charge in [0.2, 0.25) is 0 Å². The molecule has 7 nitrogen and oxygen atoms in total. The van der Waals surface area contributed by atoms with Gasteiger partial charge >= 0.3 is 0 Å². The van der Waals surface area contributed by atoms with Crippen molar-refractivity contribution in [3.63, 3.8) is 0 Å². The number of anilines is 2. The molecule has 0 radical (unpaired) electrons. The van der Waals surface area contributed by atoms with Crippen LogP contribution in [-0.2, 0) is 0 Å². The first-order valence-corrected chi connectivity index (χ1v) is 9.51. The Labute approximate surface area is 163 Å². The zero-order valence-corrected chi connectivity index (χ0v) is 15.5. The monoisotopic (exact) mass is 374 g/mol. The van der Waals surface area contributed by atoms with E-state index in [9.17, 15) is 10.1 Å². The number of aromatic nitrogens is 2. The number of amides is 1. The molecule has 0 bridgehead atoms. The quantitative estimate of drug-likeness (QED) is 0.653. The molecular weight excluding hydrogens is 352 g/mol. The number of para-hydroxylation sites is 1. The summed E-state index contributed by atoms with van der Waals surface area (Å²) in [5.74, 6) is 0.437. The molecule has 7 heteroatoms. The first kappa shape index (κ1) is 18.0. The van der Waals surface area contributed by atoms with E-state index in [2.05, 4.69) is 27.1 Å². The third-order valence-electron chi connectivity index (χ3n) is 4.93. The van der Waals surface area contributed by atoms with E-state index in [4.69, 9.17) is 0 Å². The topological polar surface area (TPSA) is 94.2 Å². The molecule has 1 aromatic carbocycles. The highest BCUT2D eigenvalue weighted by Gasteiger charge is 2.16. The number of carbonyl (C=O) groups excluding carboxylic acids is 1. The summed E-state index contributed by atoms with van der Waals surface area (Å²) in [6, 6.07) is 16.8. The Kier molecular flexibility index (Phi) is 5.22. The molecule has 142 valence electrons. The number of carbonyl (C=O) groups is 1. The van der Waals surface area contributed by atoms with Gasteiger partial charge in [0.25, 0.3) is 5.91 Å². The average Bonchev–Trinajstić information content (AvgIpc) is 2.97. The minimum Gasteiger partial charge on any atom is -0.365 e. The predicted molar refractivity (Wildman–Crippen MR) is 108 cm³/mol. The minimum atomic E-state index is -0.302. The van der Waals surface area contributed by atoms with Crippen LogP contribution in [0.2, 0.25) is 0 Å². The van der Waals surface area contributed by atoms with Crippen molar-refractivity contribution in [2.45, 2.75) is 25.3 Å². The highest BCUT2D eigenvalue weighted by Crippen LogP contribution is 2.18. The predicted octanol–water partition coefficient (Wildman–Crippen LogP) is 3.01. The highest BCUT2D eigenvalue weighted by atomic mass is 16.2. The SMILES string of the molecule is N#Cc1ccccc1NC(=O)c1ccc2ccc(N[C@@H]3CCCCNC3)nn12. The first-order valence-electron chi connectivity index (χ1n) is 9.51. The smallest absolute Gasteiger partial charge is 0.274 e. The van der Waals surface area contributed by atoms with Crippen LogP contribution in [0.1, 0.15) is 35.3 Å². The van der Waals surface area contributed by atoms with Gasteiger partial charge < -0.3 is 16.0 Å². The fraction of sp³-hybridized carbons (Fsp3) is 0.286. The van der Waals surface area contributed by atoms with E-state index in [1.54, 1.807) is 34.8 Å². The molecule has 0 aliphatic carbocycles. The molecule has 1 aliphatic rings. The number of fused-ring (bicyclic) bond motifs is 1. The number of hydrogen-bond donors (Lipinski definition) is 3. The second-order valence-corrected chi connectivity index (χ2v) is 6.93. The van der Waals surface area contributed by atoms with Gasteiger partial charge in [-0.1, -0.05) is 18.6 Å². The van der Waals surface area contributed by atoms with E-state index in [-0.39, 0.29) is 5.91 Å². The van der Waals surface area contributed by atoms with Gasteiger partial charge in [-0.25, -0.2) is 4.52 Å². The van der Waals surface area contributed by atoms with Gasteiger partial charge in [0.15, 0.2) is 0 Å². The molecule has 1 saturated heterocycles. The molecule has 1 amide bonds. The lowest BCUT2D eigenvalue weighted by molar-refractivity contribution is 0.102. The number of hydrogen-bond acceptors (Lipinski definition) is 5. The molecular formula is C21H22N6O. The molecule has 0 unspecified atom stereocenters. The van der Waals surface area contributed by atoms with Crippen LogP contribution in [-0.4, -0.2) is 34.7 Å². The van der Waals surface area contributed by atoms with Crippen LogP contribution in [0.25, 0.3) is 5.52 Å². The van der Waals surface area contributed by atoms with Crippen LogP contribution in [0.5, 0.6) is 0 Å². The van der Waals surface area contributed by atoms with Crippen molar-refractivity contribution in [1.29, 1.82) is 5.26 Å². The standard InChI is InChI=1S/C21H22N6O/c22-13-15-5-1-2-7-18(15)25-21(28)19-10-8-17-9-11-20(26-27(17)19)24-16-6-3-4-12-23-14-16/h1-2,5,7-11,16,23H,3-4,6,12,14H2,(H,24,26)(H,25,28)/t16-/m1/s1. The summed E-state index contributed by atoms with van der Waals surface area (Å²) in [5.41, 5.74) is 2.17. The Morgan fingerprint density at radius 1 is 1.18 bits per heavy atom. The van der Waals surface area contributed by atoms with Crippen molar-refractivity contribution >= 4 is 22.9 Å². The molecule has 1 fully saturated rings. The van der Waals surface area contributed by atoms with E-state index in [1.807, 2.05) is 18.2 Å². The zero-order chi connectivity index (χ0) is 19.3. The molecule has 0 saturated carbocycles. The van der Waals surface area contributed by atoms with Crippen molar-refractivity contribution in [3.8, 4) is 6.07 Å². The van der Waals surface area contributed by atoms with Crippen LogP contribution in [0.15, 0.2) is 48.5 Å². The lowest BCUT2D eigenvalue weighted by Gasteiger charge is -2.17. The summed E-state index contributed by atoms with van der Waals surface area (Å²) >= 11 is 0. The lowest BCUT2D eigenvalue weighted by atomic mass is 10.1. The number of benzene rings is 1. The van der Waals surface area contributed by atoms with Gasteiger partial charge in [-0.05, 0) is 55.8 Å². The summed E-state index contributed by atoms with van der Waals surface area (Å²) < 4.78 is 1.64. The van der Waals surface area contributed by atoms with Crippen molar-refractivity contribution in [3.05, 3.63) is 59.8 Å². The van der Waals surface area contributed by atoms with E-state index >= 15 is 0 Å². The van der Waals surface area contributed by atoms with Crippen LogP contribution in [0.4, 0.5) is 11.5 Å². The maximum Gasteiger partial charge on any atom is 0.274 e. The lowest BCUT2D eigenvalue weighted by Crippen LogP contribution is -2.31. The number of nitrogens with one attached hydrogen (secondary N) is 3. The Bertz CT molecular complexity index is 1030. The van der Waals surface area contributed by atoms with Crippen molar-refractivity contribution < 1.29 is 4.79 Å². The normalized spacial score (nSPS) is 16.9. The van der Waals surface area contributed by atoms with Crippen LogP contribution in [0, 0.1) is 11.3 Å². The van der Waals surface area contributed by atoms with Crippen molar-refractivity contribution in [1.82, 2.24) is 14.9 Å². The summed E-state index contributed by atoms with van der Waals surface area (Å²) in [4.78, 5) is 12.8. The van der Waals surface area contributed by atoms with Crippen LogP contribution < -0.4 is 16.0 Å². The Morgan fingerprint density at radius 3 is 2.93 bits per heavy atom. The van der Waals surface area contributed by atoms with Gasteiger partial charge in [0.1, 0.15) is 17.6 Å². The second kappa shape index (κ2) is 8.11. The zero-order valence-electron chi connectivity index (χ0n) is 15.5.